The van der Waals surface area contributed by atoms with Crippen LogP contribution in [0.3, 0.4) is 0 Å². The summed E-state index contributed by atoms with van der Waals surface area (Å²) in [7, 11) is 1.65. The van der Waals surface area contributed by atoms with E-state index in [9.17, 15) is 9.90 Å². The second-order valence-electron chi connectivity index (χ2n) is 5.18. The molecule has 2 unspecified atom stereocenters. The third kappa shape index (κ3) is 2.61. The van der Waals surface area contributed by atoms with Gasteiger partial charge in [-0.3, -0.25) is 9.69 Å². The number of hydrogen-bond donors (Lipinski definition) is 2. The van der Waals surface area contributed by atoms with Crippen molar-refractivity contribution in [3.05, 3.63) is 27.8 Å². The molecule has 1 aromatic rings. The lowest BCUT2D eigenvalue weighted by molar-refractivity contribution is -0.139. The summed E-state index contributed by atoms with van der Waals surface area (Å²) in [5.41, 5.74) is 2.32. The number of aliphatic hydroxyl groups is 1. The fourth-order valence-electron chi connectivity index (χ4n) is 2.58. The summed E-state index contributed by atoms with van der Waals surface area (Å²) in [6.07, 6.45) is -0.818. The van der Waals surface area contributed by atoms with Crippen LogP contribution in [-0.2, 0) is 4.79 Å². The molecule has 0 fully saturated rings. The molecule has 1 heterocycles. The minimum absolute atomic E-state index is 0.154. The smallest absolute Gasteiger partial charge is 0.317 e. The van der Waals surface area contributed by atoms with Crippen LogP contribution in [0.1, 0.15) is 22.8 Å². The third-order valence-corrected chi connectivity index (χ3v) is 4.29. The van der Waals surface area contributed by atoms with Crippen LogP contribution >= 0.6 is 11.6 Å². The van der Waals surface area contributed by atoms with Gasteiger partial charge in [0.15, 0.2) is 0 Å². The van der Waals surface area contributed by atoms with Crippen molar-refractivity contribution < 1.29 is 19.7 Å². The molecule has 2 atom stereocenters. The Morgan fingerprint density at radius 3 is 2.80 bits per heavy atom. The number of likely N-dealkylation sites (N-methyl/N-ethyl adjacent to an activating group) is 1. The van der Waals surface area contributed by atoms with Crippen molar-refractivity contribution >= 4 is 17.6 Å². The summed E-state index contributed by atoms with van der Waals surface area (Å²) in [6, 6.07) is 1.40. The number of carbonyl (C=O) groups is 1. The Balaban J connectivity index is 2.36. The Kier molecular flexibility index (Phi) is 4.22. The lowest BCUT2D eigenvalue weighted by atomic mass is 9.92. The molecule has 0 aliphatic carbocycles. The number of fused-ring (bicyclic) bond motifs is 1. The zero-order valence-corrected chi connectivity index (χ0v) is 12.4. The molecule has 0 radical (unpaired) electrons. The Hall–Kier alpha value is -1.30. The highest BCUT2D eigenvalue weighted by molar-refractivity contribution is 6.32. The minimum Gasteiger partial charge on any atom is -0.491 e. The SMILES string of the molecule is Cc1cc2c(c(C)c1Cl)C(O)C(N(C)CC(=O)O)CO2. The summed E-state index contributed by atoms with van der Waals surface area (Å²) in [5.74, 6) is -0.318. The van der Waals surface area contributed by atoms with Crippen molar-refractivity contribution in [3.8, 4) is 5.75 Å². The zero-order valence-electron chi connectivity index (χ0n) is 11.7. The van der Waals surface area contributed by atoms with E-state index in [-0.39, 0.29) is 13.2 Å². The first-order chi connectivity index (χ1) is 9.32. The fraction of sp³-hybridized carbons (Fsp3) is 0.500. The molecule has 2 rings (SSSR count). The van der Waals surface area contributed by atoms with Crippen LogP contribution in [0.4, 0.5) is 0 Å². The number of aliphatic carboxylic acids is 1. The molecule has 20 heavy (non-hydrogen) atoms. The molecule has 1 aromatic carbocycles. The second-order valence-corrected chi connectivity index (χ2v) is 5.55. The van der Waals surface area contributed by atoms with Crippen LogP contribution in [0.25, 0.3) is 0 Å². The molecule has 0 aromatic heterocycles. The van der Waals surface area contributed by atoms with Gasteiger partial charge in [-0.2, -0.15) is 0 Å². The van der Waals surface area contributed by atoms with Gasteiger partial charge in [0.1, 0.15) is 18.5 Å². The lowest BCUT2D eigenvalue weighted by Crippen LogP contribution is -2.46. The standard InChI is InChI=1S/C14H18ClNO4/c1-7-4-10-12(8(2)13(7)15)14(19)9(6-20-10)16(3)5-11(17)18/h4,9,14,19H,5-6H2,1-3H3,(H,17,18). The maximum atomic E-state index is 10.8. The van der Waals surface area contributed by atoms with Crippen molar-refractivity contribution in [2.75, 3.05) is 20.2 Å². The van der Waals surface area contributed by atoms with Crippen molar-refractivity contribution in [1.29, 1.82) is 0 Å². The highest BCUT2D eigenvalue weighted by Crippen LogP contribution is 2.40. The Bertz CT molecular complexity index is 546. The van der Waals surface area contributed by atoms with Gasteiger partial charge in [0.2, 0.25) is 0 Å². The number of aliphatic hydroxyl groups excluding tert-OH is 1. The van der Waals surface area contributed by atoms with Gasteiger partial charge in [0.25, 0.3) is 0 Å². The molecule has 2 N–H and O–H groups in total. The summed E-state index contributed by atoms with van der Waals surface area (Å²) in [6.45, 7) is 3.81. The molecule has 1 aliphatic heterocycles. The summed E-state index contributed by atoms with van der Waals surface area (Å²) < 4.78 is 5.67. The normalized spacial score (nSPS) is 21.5. The molecule has 1 aliphatic rings. The van der Waals surface area contributed by atoms with Gasteiger partial charge >= 0.3 is 5.97 Å². The number of rotatable bonds is 3. The van der Waals surface area contributed by atoms with Crippen molar-refractivity contribution in [2.45, 2.75) is 26.0 Å². The van der Waals surface area contributed by atoms with Crippen molar-refractivity contribution in [2.24, 2.45) is 0 Å². The van der Waals surface area contributed by atoms with E-state index in [1.54, 1.807) is 18.0 Å². The largest absolute Gasteiger partial charge is 0.491 e. The number of hydrogen-bond acceptors (Lipinski definition) is 4. The Morgan fingerprint density at radius 1 is 1.55 bits per heavy atom. The van der Waals surface area contributed by atoms with E-state index in [2.05, 4.69) is 0 Å². The topological polar surface area (TPSA) is 70.0 Å². The number of nitrogens with zero attached hydrogens (tertiary/aromatic N) is 1. The molecule has 0 saturated heterocycles. The predicted molar refractivity (Wildman–Crippen MR) is 75.4 cm³/mol. The quantitative estimate of drug-likeness (QED) is 0.890. The van der Waals surface area contributed by atoms with E-state index in [0.29, 0.717) is 16.3 Å². The molecule has 0 bridgehead atoms. The number of ether oxygens (including phenoxy) is 1. The average molecular weight is 300 g/mol. The molecule has 0 amide bonds. The lowest BCUT2D eigenvalue weighted by Gasteiger charge is -2.36. The molecular formula is C14H18ClNO4. The highest BCUT2D eigenvalue weighted by Gasteiger charge is 2.35. The zero-order chi connectivity index (χ0) is 15.0. The number of carboxylic acid groups (broad SMARTS) is 1. The van der Waals surface area contributed by atoms with Crippen LogP contribution in [0.2, 0.25) is 5.02 Å². The fourth-order valence-corrected chi connectivity index (χ4v) is 2.74. The van der Waals surface area contributed by atoms with Gasteiger partial charge in [-0.15, -0.1) is 0 Å². The van der Waals surface area contributed by atoms with Gasteiger partial charge < -0.3 is 14.9 Å². The monoisotopic (exact) mass is 299 g/mol. The first kappa shape index (κ1) is 15.1. The third-order valence-electron chi connectivity index (χ3n) is 3.71. The number of carboxylic acids is 1. The van der Waals surface area contributed by atoms with E-state index in [4.69, 9.17) is 21.4 Å². The minimum atomic E-state index is -0.941. The van der Waals surface area contributed by atoms with Crippen molar-refractivity contribution in [3.63, 3.8) is 0 Å². The number of aryl methyl sites for hydroxylation is 1. The van der Waals surface area contributed by atoms with Crippen LogP contribution in [-0.4, -0.2) is 47.3 Å². The van der Waals surface area contributed by atoms with Crippen LogP contribution in [0.5, 0.6) is 5.75 Å². The molecular weight excluding hydrogens is 282 g/mol. The summed E-state index contributed by atoms with van der Waals surface area (Å²) in [4.78, 5) is 12.4. The van der Waals surface area contributed by atoms with Crippen LogP contribution < -0.4 is 4.74 Å². The number of halogens is 1. The van der Waals surface area contributed by atoms with E-state index in [1.165, 1.54) is 0 Å². The average Bonchev–Trinajstić information content (AvgIpc) is 2.35. The van der Waals surface area contributed by atoms with E-state index < -0.39 is 18.1 Å². The van der Waals surface area contributed by atoms with Gasteiger partial charge in [-0.05, 0) is 38.1 Å². The van der Waals surface area contributed by atoms with Crippen LogP contribution in [0.15, 0.2) is 6.07 Å². The number of benzene rings is 1. The van der Waals surface area contributed by atoms with Gasteiger partial charge in [0.05, 0.1) is 12.6 Å². The second kappa shape index (κ2) is 5.60. The van der Waals surface area contributed by atoms with Gasteiger partial charge in [-0.1, -0.05) is 11.6 Å². The van der Waals surface area contributed by atoms with Crippen molar-refractivity contribution in [1.82, 2.24) is 4.90 Å². The molecule has 5 nitrogen and oxygen atoms in total. The first-order valence-corrected chi connectivity index (χ1v) is 6.73. The van der Waals surface area contributed by atoms with E-state index in [0.717, 1.165) is 11.1 Å². The Morgan fingerprint density at radius 2 is 2.20 bits per heavy atom. The Labute approximate surface area is 122 Å². The molecule has 110 valence electrons. The summed E-state index contributed by atoms with van der Waals surface area (Å²) >= 11 is 6.22. The maximum Gasteiger partial charge on any atom is 0.317 e. The molecule has 6 heteroatoms. The van der Waals surface area contributed by atoms with Crippen LogP contribution in [0, 0.1) is 13.8 Å². The molecule has 0 spiro atoms. The summed E-state index contributed by atoms with van der Waals surface area (Å²) in [5, 5.41) is 20.0. The maximum absolute atomic E-state index is 10.8. The van der Waals surface area contributed by atoms with E-state index in [1.807, 2.05) is 13.8 Å². The van der Waals surface area contributed by atoms with Gasteiger partial charge in [0, 0.05) is 10.6 Å². The predicted octanol–water partition coefficient (Wildman–Crippen LogP) is 1.77. The van der Waals surface area contributed by atoms with E-state index >= 15 is 0 Å². The van der Waals surface area contributed by atoms with Gasteiger partial charge in [-0.25, -0.2) is 0 Å². The first-order valence-electron chi connectivity index (χ1n) is 6.35. The highest BCUT2D eigenvalue weighted by atomic mass is 35.5. The molecule has 0 saturated carbocycles.